The fourth-order valence-electron chi connectivity index (χ4n) is 3.73. The molecule has 1 aromatic heterocycles. The molecule has 0 spiro atoms. The number of fused-ring (bicyclic) bond motifs is 1. The molecule has 0 radical (unpaired) electrons. The molecule has 2 aliphatic rings. The van der Waals surface area contributed by atoms with Gasteiger partial charge in [0.2, 0.25) is 5.91 Å². The number of thioether (sulfide) groups is 1. The van der Waals surface area contributed by atoms with Gasteiger partial charge in [0, 0.05) is 23.5 Å². The van der Waals surface area contributed by atoms with Crippen LogP contribution in [0.25, 0.3) is 0 Å². The van der Waals surface area contributed by atoms with Crippen LogP contribution in [0.3, 0.4) is 0 Å². The smallest absolute Gasteiger partial charge is 0.356 e. The van der Waals surface area contributed by atoms with Crippen LogP contribution in [-0.2, 0) is 20.9 Å². The first-order valence-corrected chi connectivity index (χ1v) is 11.2. The van der Waals surface area contributed by atoms with Crippen molar-refractivity contribution in [2.45, 2.75) is 36.4 Å². The van der Waals surface area contributed by atoms with Crippen molar-refractivity contribution in [3.63, 3.8) is 0 Å². The molecule has 14 heteroatoms. The number of aromatic nitrogens is 1. The number of non-ortho nitro benzene ring substituents is 1. The number of β-lactam (4-membered cyclic amide) rings is 1. The first kappa shape index (κ1) is 22.8. The van der Waals surface area contributed by atoms with Gasteiger partial charge in [-0.15, -0.1) is 0 Å². The molecular formula is C19H16N4O8S2. The maximum Gasteiger partial charge on any atom is 0.356 e. The molecule has 2 aliphatic heterocycles. The number of amides is 1. The highest BCUT2D eigenvalue weighted by atomic mass is 32.2. The SMILES string of the molecule is C[C@H](O)[C@@H]1C(=O)N2C(C(=O)OCc3ccc([N+](=O)[O-])cc3)=C(Sc3ncc([N+](=O)[O-])s3)C[C@H]12. The van der Waals surface area contributed by atoms with Crippen molar-refractivity contribution in [2.24, 2.45) is 5.92 Å². The Kier molecular flexibility index (Phi) is 6.14. The van der Waals surface area contributed by atoms with E-state index in [0.29, 0.717) is 14.8 Å². The molecule has 172 valence electrons. The molecule has 1 N–H and O–H groups in total. The van der Waals surface area contributed by atoms with Crippen LogP contribution < -0.4 is 0 Å². The third-order valence-corrected chi connectivity index (χ3v) is 7.39. The number of ether oxygens (including phenoxy) is 1. The van der Waals surface area contributed by atoms with E-state index in [-0.39, 0.29) is 29.4 Å². The van der Waals surface area contributed by atoms with Gasteiger partial charge in [0.15, 0.2) is 4.34 Å². The van der Waals surface area contributed by atoms with Crippen molar-refractivity contribution in [1.82, 2.24) is 9.88 Å². The summed E-state index contributed by atoms with van der Waals surface area (Å²) in [5.74, 6) is -1.84. The van der Waals surface area contributed by atoms with Gasteiger partial charge in [0.05, 0.1) is 27.9 Å². The molecule has 1 aromatic carbocycles. The number of hydrogen-bond acceptors (Lipinski definition) is 11. The van der Waals surface area contributed by atoms with E-state index in [9.17, 15) is 34.9 Å². The van der Waals surface area contributed by atoms with Crippen molar-refractivity contribution >= 4 is 45.7 Å². The molecule has 3 atom stereocenters. The Morgan fingerprint density at radius 3 is 2.61 bits per heavy atom. The molecule has 0 saturated carbocycles. The number of carbonyl (C=O) groups excluding carboxylic acids is 2. The lowest BCUT2D eigenvalue weighted by atomic mass is 9.83. The van der Waals surface area contributed by atoms with Crippen molar-refractivity contribution < 1.29 is 29.3 Å². The summed E-state index contributed by atoms with van der Waals surface area (Å²) in [6.07, 6.45) is 0.496. The van der Waals surface area contributed by atoms with Gasteiger partial charge in [-0.2, -0.15) is 0 Å². The fourth-order valence-corrected chi connectivity index (χ4v) is 5.77. The van der Waals surface area contributed by atoms with E-state index in [1.807, 2.05) is 0 Å². The molecule has 0 unspecified atom stereocenters. The Hall–Kier alpha value is -3.36. The number of nitrogens with zero attached hydrogens (tertiary/aromatic N) is 4. The number of benzene rings is 1. The van der Waals surface area contributed by atoms with E-state index in [4.69, 9.17) is 4.74 Å². The number of aliphatic hydroxyl groups excluding tert-OH is 1. The molecule has 1 amide bonds. The van der Waals surface area contributed by atoms with Gasteiger partial charge in [-0.05, 0) is 36.0 Å². The van der Waals surface area contributed by atoms with Crippen molar-refractivity contribution in [1.29, 1.82) is 0 Å². The Bertz CT molecular complexity index is 1180. The van der Waals surface area contributed by atoms with Crippen LogP contribution in [0.2, 0.25) is 0 Å². The Balaban J connectivity index is 1.55. The van der Waals surface area contributed by atoms with Crippen molar-refractivity contribution in [3.8, 4) is 0 Å². The summed E-state index contributed by atoms with van der Waals surface area (Å²) in [6, 6.07) is 5.07. The normalized spacial score (nSPS) is 20.3. The van der Waals surface area contributed by atoms with Crippen LogP contribution in [0.5, 0.6) is 0 Å². The molecule has 12 nitrogen and oxygen atoms in total. The molecule has 4 rings (SSSR count). The van der Waals surface area contributed by atoms with Crippen LogP contribution in [0.15, 0.2) is 45.4 Å². The number of nitro benzene ring substituents is 1. The lowest BCUT2D eigenvalue weighted by Crippen LogP contribution is -2.61. The monoisotopic (exact) mass is 492 g/mol. The quantitative estimate of drug-likeness (QED) is 0.250. The lowest BCUT2D eigenvalue weighted by molar-refractivity contribution is -0.384. The second-order valence-electron chi connectivity index (χ2n) is 7.34. The number of aliphatic hydroxyl groups is 1. The van der Waals surface area contributed by atoms with Gasteiger partial charge in [-0.3, -0.25) is 25.0 Å². The fraction of sp³-hybridized carbons (Fsp3) is 0.316. The van der Waals surface area contributed by atoms with Gasteiger partial charge in [-0.1, -0.05) is 11.8 Å². The Morgan fingerprint density at radius 1 is 1.33 bits per heavy atom. The van der Waals surface area contributed by atoms with Gasteiger partial charge in [-0.25, -0.2) is 9.78 Å². The van der Waals surface area contributed by atoms with Crippen LogP contribution in [0, 0.1) is 26.1 Å². The van der Waals surface area contributed by atoms with Crippen LogP contribution in [-0.4, -0.2) is 48.9 Å². The largest absolute Gasteiger partial charge is 0.456 e. The predicted octanol–water partition coefficient (Wildman–Crippen LogP) is 2.62. The van der Waals surface area contributed by atoms with Crippen molar-refractivity contribution in [2.75, 3.05) is 0 Å². The highest BCUT2D eigenvalue weighted by Crippen LogP contribution is 2.49. The van der Waals surface area contributed by atoms with Gasteiger partial charge >= 0.3 is 11.0 Å². The number of carbonyl (C=O) groups is 2. The number of hydrogen-bond donors (Lipinski definition) is 1. The summed E-state index contributed by atoms with van der Waals surface area (Å²) >= 11 is 1.89. The number of nitro groups is 2. The van der Waals surface area contributed by atoms with Crippen LogP contribution in [0.1, 0.15) is 18.9 Å². The molecular weight excluding hydrogens is 476 g/mol. The number of thiazole rings is 1. The minimum Gasteiger partial charge on any atom is -0.456 e. The predicted molar refractivity (Wildman–Crippen MR) is 115 cm³/mol. The van der Waals surface area contributed by atoms with Crippen LogP contribution in [0.4, 0.5) is 10.7 Å². The Morgan fingerprint density at radius 2 is 2.03 bits per heavy atom. The molecule has 1 saturated heterocycles. The zero-order valence-electron chi connectivity index (χ0n) is 16.9. The molecule has 3 heterocycles. The number of esters is 1. The third-order valence-electron chi connectivity index (χ3n) is 5.26. The summed E-state index contributed by atoms with van der Waals surface area (Å²) in [7, 11) is 0. The van der Waals surface area contributed by atoms with E-state index >= 15 is 0 Å². The van der Waals surface area contributed by atoms with Gasteiger partial charge < -0.3 is 14.7 Å². The second-order valence-corrected chi connectivity index (χ2v) is 9.69. The van der Waals surface area contributed by atoms with Crippen molar-refractivity contribution in [3.05, 3.63) is 66.9 Å². The van der Waals surface area contributed by atoms with Gasteiger partial charge in [0.1, 0.15) is 18.5 Å². The number of rotatable bonds is 8. The zero-order valence-corrected chi connectivity index (χ0v) is 18.6. The minimum absolute atomic E-state index is 0.0201. The van der Waals surface area contributed by atoms with E-state index < -0.39 is 39.8 Å². The standard InChI is InChI=1S/C19H16N4O8S2/c1-9(24)15-12-6-13(32-19-20-7-14(33-19)23(29)30)16(21(12)17(15)25)18(26)31-8-10-2-4-11(5-3-10)22(27)28/h2-5,7,9,12,15,24H,6,8H2,1H3/t9-,12+,15-/m0/s1. The molecule has 0 aliphatic carbocycles. The average molecular weight is 492 g/mol. The summed E-state index contributed by atoms with van der Waals surface area (Å²) in [5.41, 5.74) is 0.440. The maximum atomic E-state index is 12.9. The summed E-state index contributed by atoms with van der Waals surface area (Å²) in [5, 5.41) is 31.5. The van der Waals surface area contributed by atoms with E-state index in [1.165, 1.54) is 36.1 Å². The topological polar surface area (TPSA) is 166 Å². The van der Waals surface area contributed by atoms with Gasteiger partial charge in [0.25, 0.3) is 5.69 Å². The van der Waals surface area contributed by atoms with E-state index in [0.717, 1.165) is 29.3 Å². The first-order chi connectivity index (χ1) is 15.7. The molecule has 0 bridgehead atoms. The minimum atomic E-state index is -0.901. The maximum absolute atomic E-state index is 12.9. The Labute approximate surface area is 194 Å². The van der Waals surface area contributed by atoms with E-state index in [1.54, 1.807) is 0 Å². The molecule has 1 fully saturated rings. The summed E-state index contributed by atoms with van der Waals surface area (Å²) in [6.45, 7) is 1.33. The summed E-state index contributed by atoms with van der Waals surface area (Å²) < 4.78 is 5.69. The lowest BCUT2D eigenvalue weighted by Gasteiger charge is -2.44. The third kappa shape index (κ3) is 4.31. The van der Waals surface area contributed by atoms with Crippen LogP contribution >= 0.6 is 23.1 Å². The molecule has 2 aromatic rings. The highest BCUT2D eigenvalue weighted by Gasteiger charge is 2.57. The average Bonchev–Trinajstić information content (AvgIpc) is 3.35. The molecule has 33 heavy (non-hydrogen) atoms. The first-order valence-electron chi connectivity index (χ1n) is 9.60. The van der Waals surface area contributed by atoms with E-state index in [2.05, 4.69) is 4.98 Å². The highest BCUT2D eigenvalue weighted by molar-refractivity contribution is 8.04. The zero-order chi connectivity index (χ0) is 23.9. The second kappa shape index (κ2) is 8.88. The summed E-state index contributed by atoms with van der Waals surface area (Å²) in [4.78, 5) is 51.9.